The second-order valence-electron chi connectivity index (χ2n) is 6.34. The Morgan fingerprint density at radius 2 is 1.78 bits per heavy atom. The predicted molar refractivity (Wildman–Crippen MR) is 107 cm³/mol. The number of nitrogens with zero attached hydrogens (tertiary/aromatic N) is 5. The molecule has 0 atom stereocenters. The number of ether oxygens (including phenoxy) is 1. The van der Waals surface area contributed by atoms with Crippen molar-refractivity contribution in [3.05, 3.63) is 52.5 Å². The molecule has 3 heterocycles. The minimum absolute atomic E-state index is 0.526. The zero-order valence-corrected chi connectivity index (χ0v) is 15.8. The largest absolute Gasteiger partial charge is 0.378 e. The monoisotopic (exact) mass is 399 g/mol. The molecule has 0 saturated carbocycles. The molecular formula is C19H15Cl2N5O. The van der Waals surface area contributed by atoms with Crippen LogP contribution in [0.2, 0.25) is 10.0 Å². The van der Waals surface area contributed by atoms with Gasteiger partial charge >= 0.3 is 0 Å². The third-order valence-electron chi connectivity index (χ3n) is 4.69. The Morgan fingerprint density at radius 3 is 2.59 bits per heavy atom. The normalized spacial score (nSPS) is 15.0. The smallest absolute Gasteiger partial charge is 0.213 e. The van der Waals surface area contributed by atoms with E-state index in [1.54, 1.807) is 12.1 Å². The van der Waals surface area contributed by atoms with Crippen molar-refractivity contribution in [2.45, 2.75) is 0 Å². The number of morpholine rings is 1. The van der Waals surface area contributed by atoms with Crippen molar-refractivity contribution in [3.63, 3.8) is 0 Å². The third-order valence-corrected chi connectivity index (χ3v) is 5.24. The van der Waals surface area contributed by atoms with E-state index >= 15 is 0 Å². The lowest BCUT2D eigenvalue weighted by molar-refractivity contribution is 0.122. The zero-order chi connectivity index (χ0) is 18.4. The summed E-state index contributed by atoms with van der Waals surface area (Å²) in [6.45, 7) is 2.84. The molecule has 5 rings (SSSR count). The molecule has 0 bridgehead atoms. The molecule has 4 aromatic rings. The van der Waals surface area contributed by atoms with Gasteiger partial charge in [0, 0.05) is 29.1 Å². The zero-order valence-electron chi connectivity index (χ0n) is 14.3. The fourth-order valence-electron chi connectivity index (χ4n) is 3.39. The van der Waals surface area contributed by atoms with E-state index in [1.807, 2.05) is 34.7 Å². The summed E-state index contributed by atoms with van der Waals surface area (Å²) >= 11 is 12.5. The number of aromatic nitrogens is 4. The van der Waals surface area contributed by atoms with Gasteiger partial charge in [-0.1, -0.05) is 35.3 Å². The van der Waals surface area contributed by atoms with Crippen LogP contribution in [0, 0.1) is 0 Å². The van der Waals surface area contributed by atoms with Crippen LogP contribution in [0.4, 0.5) is 5.95 Å². The highest BCUT2D eigenvalue weighted by atomic mass is 35.5. The van der Waals surface area contributed by atoms with E-state index in [-0.39, 0.29) is 0 Å². The van der Waals surface area contributed by atoms with Crippen molar-refractivity contribution < 1.29 is 4.74 Å². The molecule has 6 nitrogen and oxygen atoms in total. The van der Waals surface area contributed by atoms with Crippen LogP contribution >= 0.6 is 23.2 Å². The van der Waals surface area contributed by atoms with Crippen LogP contribution in [-0.2, 0) is 4.74 Å². The molecule has 0 unspecified atom stereocenters. The van der Waals surface area contributed by atoms with E-state index in [9.17, 15) is 0 Å². The van der Waals surface area contributed by atoms with Crippen molar-refractivity contribution >= 4 is 45.7 Å². The highest BCUT2D eigenvalue weighted by Gasteiger charge is 2.22. The molecule has 1 fully saturated rings. The molecule has 2 aromatic carbocycles. The number of hydrogen-bond acceptors (Lipinski definition) is 5. The fraction of sp³-hybridized carbons (Fsp3) is 0.211. The van der Waals surface area contributed by atoms with E-state index in [1.165, 1.54) is 0 Å². The van der Waals surface area contributed by atoms with Gasteiger partial charge in [0.1, 0.15) is 0 Å². The minimum Gasteiger partial charge on any atom is -0.378 e. The van der Waals surface area contributed by atoms with Crippen molar-refractivity contribution in [2.75, 3.05) is 31.2 Å². The van der Waals surface area contributed by atoms with Crippen molar-refractivity contribution in [2.24, 2.45) is 0 Å². The summed E-state index contributed by atoms with van der Waals surface area (Å²) in [4.78, 5) is 7.11. The van der Waals surface area contributed by atoms with Crippen molar-refractivity contribution in [1.82, 2.24) is 19.6 Å². The Morgan fingerprint density at radius 1 is 0.963 bits per heavy atom. The Labute approximate surface area is 165 Å². The first-order valence-corrected chi connectivity index (χ1v) is 9.40. The number of para-hydroxylation sites is 1. The second kappa shape index (κ2) is 6.64. The summed E-state index contributed by atoms with van der Waals surface area (Å²) in [6, 6.07) is 13.3. The van der Waals surface area contributed by atoms with Gasteiger partial charge in [-0.25, -0.2) is 9.38 Å². The van der Waals surface area contributed by atoms with Gasteiger partial charge in [-0.3, -0.25) is 0 Å². The molecule has 136 valence electrons. The Balaban J connectivity index is 1.83. The molecule has 0 spiro atoms. The summed E-state index contributed by atoms with van der Waals surface area (Å²) in [5, 5.41) is 11.0. The van der Waals surface area contributed by atoms with Crippen LogP contribution in [0.25, 0.3) is 27.9 Å². The number of halogens is 2. The maximum Gasteiger partial charge on any atom is 0.213 e. The third kappa shape index (κ3) is 2.81. The van der Waals surface area contributed by atoms with Crippen LogP contribution in [0.15, 0.2) is 42.5 Å². The first-order chi connectivity index (χ1) is 13.2. The lowest BCUT2D eigenvalue weighted by Crippen LogP contribution is -2.38. The molecule has 8 heteroatoms. The number of hydrogen-bond donors (Lipinski definition) is 0. The maximum absolute atomic E-state index is 6.46. The van der Waals surface area contributed by atoms with Gasteiger partial charge in [0.25, 0.3) is 0 Å². The van der Waals surface area contributed by atoms with Gasteiger partial charge in [-0.2, -0.15) is 0 Å². The number of fused-ring (bicyclic) bond motifs is 3. The van der Waals surface area contributed by atoms with Gasteiger partial charge in [0.15, 0.2) is 11.5 Å². The summed E-state index contributed by atoms with van der Waals surface area (Å²) in [6.07, 6.45) is 0. The summed E-state index contributed by atoms with van der Waals surface area (Å²) in [7, 11) is 0. The quantitative estimate of drug-likeness (QED) is 0.508. The molecule has 0 aliphatic carbocycles. The topological polar surface area (TPSA) is 55.5 Å². The summed E-state index contributed by atoms with van der Waals surface area (Å²) in [5.74, 6) is 1.43. The Hall–Kier alpha value is -2.41. The van der Waals surface area contributed by atoms with Crippen LogP contribution in [-0.4, -0.2) is 45.9 Å². The predicted octanol–water partition coefficient (Wildman–Crippen LogP) is 4.09. The maximum atomic E-state index is 6.46. The highest BCUT2D eigenvalue weighted by Crippen LogP contribution is 2.33. The molecule has 27 heavy (non-hydrogen) atoms. The average Bonchev–Trinajstić information content (AvgIpc) is 3.13. The highest BCUT2D eigenvalue weighted by molar-refractivity contribution is 6.36. The van der Waals surface area contributed by atoms with Crippen LogP contribution in [0.3, 0.4) is 0 Å². The molecule has 1 saturated heterocycles. The lowest BCUT2D eigenvalue weighted by atomic mass is 10.2. The first-order valence-electron chi connectivity index (χ1n) is 8.64. The Bertz CT molecular complexity index is 1150. The average molecular weight is 400 g/mol. The van der Waals surface area contributed by atoms with E-state index in [0.29, 0.717) is 29.1 Å². The van der Waals surface area contributed by atoms with E-state index in [4.69, 9.17) is 32.9 Å². The van der Waals surface area contributed by atoms with E-state index in [2.05, 4.69) is 15.1 Å². The fourth-order valence-corrected chi connectivity index (χ4v) is 3.88. The van der Waals surface area contributed by atoms with E-state index in [0.717, 1.165) is 41.2 Å². The van der Waals surface area contributed by atoms with Gasteiger partial charge in [-0.15, -0.1) is 10.2 Å². The van der Waals surface area contributed by atoms with Crippen LogP contribution < -0.4 is 4.90 Å². The molecule has 0 amide bonds. The molecule has 0 N–H and O–H groups in total. The van der Waals surface area contributed by atoms with Crippen LogP contribution in [0.1, 0.15) is 0 Å². The first kappa shape index (κ1) is 16.7. The molecule has 0 radical (unpaired) electrons. The van der Waals surface area contributed by atoms with Gasteiger partial charge in [0.2, 0.25) is 5.95 Å². The molecular weight excluding hydrogens is 385 g/mol. The standard InChI is InChI=1S/C19H15Cl2N5O/c20-12-5-6-13(15(21)11-12)17-23-24-18-14-3-1-2-4-16(14)22-19(26(17)18)25-7-9-27-10-8-25/h1-6,11H,7-10H2. The van der Waals surface area contributed by atoms with Gasteiger partial charge in [0.05, 0.1) is 23.8 Å². The van der Waals surface area contributed by atoms with Crippen LogP contribution in [0.5, 0.6) is 0 Å². The molecule has 2 aromatic heterocycles. The van der Waals surface area contributed by atoms with Gasteiger partial charge in [-0.05, 0) is 30.3 Å². The second-order valence-corrected chi connectivity index (χ2v) is 7.18. The summed E-state index contributed by atoms with van der Waals surface area (Å²) < 4.78 is 7.48. The lowest BCUT2D eigenvalue weighted by Gasteiger charge is -2.28. The minimum atomic E-state index is 0.526. The van der Waals surface area contributed by atoms with E-state index < -0.39 is 0 Å². The molecule has 1 aliphatic rings. The summed E-state index contributed by atoms with van der Waals surface area (Å²) in [5.41, 5.74) is 2.40. The number of rotatable bonds is 2. The van der Waals surface area contributed by atoms with Crippen molar-refractivity contribution in [1.29, 1.82) is 0 Å². The van der Waals surface area contributed by atoms with Gasteiger partial charge < -0.3 is 9.64 Å². The molecule has 1 aliphatic heterocycles. The SMILES string of the molecule is Clc1ccc(-c2nnc3c4ccccc4nc(N4CCOCC4)n23)c(Cl)c1. The van der Waals surface area contributed by atoms with Crippen molar-refractivity contribution in [3.8, 4) is 11.4 Å². The number of anilines is 1. The number of benzene rings is 2. The Kier molecular flexibility index (Phi) is 4.11.